The normalized spacial score (nSPS) is 13.2. The smallest absolute Gasteiger partial charge is 0.259 e. The number of hydrogen-bond donors (Lipinski definition) is 0. The summed E-state index contributed by atoms with van der Waals surface area (Å²) in [6.45, 7) is 0.326. The topological polar surface area (TPSA) is 20.3 Å². The molecule has 2 aromatic carbocycles. The molecule has 0 saturated carbocycles. The molecule has 76 valence electrons. The van der Waals surface area contributed by atoms with Crippen molar-refractivity contribution in [2.45, 2.75) is 0 Å². The number of amides is 1. The second kappa shape index (κ2) is 3.11. The first-order chi connectivity index (χ1) is 7.83. The molecule has 0 N–H and O–H groups in total. The van der Waals surface area contributed by atoms with Crippen LogP contribution in [0.25, 0.3) is 10.8 Å². The number of hydrogen-bond acceptors (Lipinski definition) is 1. The summed E-state index contributed by atoms with van der Waals surface area (Å²) in [4.78, 5) is 13.7. The highest BCUT2D eigenvalue weighted by atomic mass is 16.2. The van der Waals surface area contributed by atoms with E-state index in [1.54, 1.807) is 4.90 Å². The largest absolute Gasteiger partial charge is 0.296 e. The summed E-state index contributed by atoms with van der Waals surface area (Å²) in [6, 6.07) is 11.7. The van der Waals surface area contributed by atoms with Crippen molar-refractivity contribution in [2.24, 2.45) is 0 Å². The van der Waals surface area contributed by atoms with Gasteiger partial charge in [0.25, 0.3) is 5.91 Å². The second-order valence-electron chi connectivity index (χ2n) is 3.78. The van der Waals surface area contributed by atoms with E-state index in [1.807, 2.05) is 36.4 Å². The lowest BCUT2D eigenvalue weighted by Crippen LogP contribution is -2.26. The van der Waals surface area contributed by atoms with E-state index in [0.29, 0.717) is 6.54 Å². The van der Waals surface area contributed by atoms with Crippen LogP contribution in [0, 0.1) is 12.3 Å². The van der Waals surface area contributed by atoms with Crippen molar-refractivity contribution in [1.29, 1.82) is 0 Å². The fraction of sp³-hybridized carbons (Fsp3) is 0.0714. The van der Waals surface area contributed by atoms with Gasteiger partial charge in [-0.15, -0.1) is 6.42 Å². The Balaban J connectivity index is 2.36. The molecule has 0 aliphatic carbocycles. The van der Waals surface area contributed by atoms with Gasteiger partial charge in [0.1, 0.15) is 0 Å². The summed E-state index contributed by atoms with van der Waals surface area (Å²) in [6.07, 6.45) is 5.29. The second-order valence-corrected chi connectivity index (χ2v) is 3.78. The summed E-state index contributed by atoms with van der Waals surface area (Å²) >= 11 is 0. The van der Waals surface area contributed by atoms with Crippen LogP contribution >= 0.6 is 0 Å². The molecule has 0 fully saturated rings. The molecule has 0 saturated heterocycles. The van der Waals surface area contributed by atoms with Crippen molar-refractivity contribution in [3.8, 4) is 12.3 Å². The molecule has 1 heterocycles. The summed E-state index contributed by atoms with van der Waals surface area (Å²) in [5.74, 6) is 2.53. The van der Waals surface area contributed by atoms with Gasteiger partial charge >= 0.3 is 0 Å². The number of anilines is 1. The highest BCUT2D eigenvalue weighted by Crippen LogP contribution is 2.36. The molecule has 2 aromatic rings. The van der Waals surface area contributed by atoms with E-state index in [4.69, 9.17) is 6.42 Å². The number of terminal acetylenes is 1. The standard InChI is InChI=1S/C14H9NO/c1-2-9-15-12-8-4-6-10-5-3-7-11(13(10)12)14(15)16/h1,3-8H,9H2. The Morgan fingerprint density at radius 1 is 1.19 bits per heavy atom. The Bertz CT molecular complexity index is 631. The Kier molecular flexibility index (Phi) is 1.75. The molecule has 1 aliphatic rings. The maximum atomic E-state index is 12.1. The number of benzene rings is 2. The number of carbonyl (C=O) groups excluding carboxylic acids is 1. The van der Waals surface area contributed by atoms with Gasteiger partial charge in [0.15, 0.2) is 0 Å². The Hall–Kier alpha value is -2.27. The monoisotopic (exact) mass is 207 g/mol. The third kappa shape index (κ3) is 1.00. The Morgan fingerprint density at radius 2 is 1.94 bits per heavy atom. The van der Waals surface area contributed by atoms with Crippen LogP contribution in [0.3, 0.4) is 0 Å². The number of carbonyl (C=O) groups is 1. The first-order valence-electron chi connectivity index (χ1n) is 5.10. The van der Waals surface area contributed by atoms with Crippen molar-refractivity contribution in [3.63, 3.8) is 0 Å². The van der Waals surface area contributed by atoms with Gasteiger partial charge in [-0.2, -0.15) is 0 Å². The zero-order valence-corrected chi connectivity index (χ0v) is 8.60. The van der Waals surface area contributed by atoms with E-state index in [2.05, 4.69) is 5.92 Å². The lowest BCUT2D eigenvalue weighted by Gasteiger charge is -2.13. The fourth-order valence-electron chi connectivity index (χ4n) is 2.23. The maximum Gasteiger partial charge on any atom is 0.259 e. The number of nitrogens with zero attached hydrogens (tertiary/aromatic N) is 1. The van der Waals surface area contributed by atoms with Crippen LogP contribution < -0.4 is 4.90 Å². The van der Waals surface area contributed by atoms with Crippen molar-refractivity contribution < 1.29 is 4.79 Å². The molecule has 3 rings (SSSR count). The SMILES string of the molecule is C#CCN1C(=O)c2cccc3cccc1c23. The highest BCUT2D eigenvalue weighted by molar-refractivity contribution is 6.25. The van der Waals surface area contributed by atoms with Crippen LogP contribution in [0.1, 0.15) is 10.4 Å². The molecule has 2 nitrogen and oxygen atoms in total. The van der Waals surface area contributed by atoms with Gasteiger partial charge in [-0.3, -0.25) is 9.69 Å². The zero-order chi connectivity index (χ0) is 11.1. The molecule has 1 aliphatic heterocycles. The molecular weight excluding hydrogens is 198 g/mol. The fourth-order valence-corrected chi connectivity index (χ4v) is 2.23. The third-order valence-corrected chi connectivity index (χ3v) is 2.90. The van der Waals surface area contributed by atoms with E-state index in [9.17, 15) is 4.79 Å². The Labute approximate surface area is 93.5 Å². The van der Waals surface area contributed by atoms with Crippen molar-refractivity contribution in [2.75, 3.05) is 11.4 Å². The van der Waals surface area contributed by atoms with Crippen LogP contribution in [-0.4, -0.2) is 12.5 Å². The van der Waals surface area contributed by atoms with Gasteiger partial charge < -0.3 is 0 Å². The lowest BCUT2D eigenvalue weighted by molar-refractivity contribution is 0.0996. The quantitative estimate of drug-likeness (QED) is 0.658. The van der Waals surface area contributed by atoms with Gasteiger partial charge in [0.2, 0.25) is 0 Å². The molecule has 0 aromatic heterocycles. The molecule has 0 unspecified atom stereocenters. The van der Waals surface area contributed by atoms with Crippen LogP contribution in [0.2, 0.25) is 0 Å². The van der Waals surface area contributed by atoms with E-state index in [1.165, 1.54) is 0 Å². The molecule has 16 heavy (non-hydrogen) atoms. The molecule has 2 heteroatoms. The van der Waals surface area contributed by atoms with E-state index < -0.39 is 0 Å². The minimum absolute atomic E-state index is 0.00440. The molecule has 0 radical (unpaired) electrons. The third-order valence-electron chi connectivity index (χ3n) is 2.90. The van der Waals surface area contributed by atoms with E-state index in [-0.39, 0.29) is 5.91 Å². The average molecular weight is 207 g/mol. The minimum Gasteiger partial charge on any atom is -0.296 e. The number of rotatable bonds is 1. The van der Waals surface area contributed by atoms with Crippen LogP contribution in [0.4, 0.5) is 5.69 Å². The maximum absolute atomic E-state index is 12.1. The van der Waals surface area contributed by atoms with Crippen LogP contribution in [0.5, 0.6) is 0 Å². The molecule has 1 amide bonds. The molecular formula is C14H9NO. The predicted octanol–water partition coefficient (Wildman–Crippen LogP) is 2.43. The first kappa shape index (κ1) is 8.99. The Morgan fingerprint density at radius 3 is 2.69 bits per heavy atom. The molecule has 0 bridgehead atoms. The van der Waals surface area contributed by atoms with Crippen molar-refractivity contribution >= 4 is 22.4 Å². The van der Waals surface area contributed by atoms with Gasteiger partial charge in [-0.25, -0.2) is 0 Å². The van der Waals surface area contributed by atoms with Gasteiger partial charge in [-0.1, -0.05) is 30.2 Å². The minimum atomic E-state index is 0.00440. The average Bonchev–Trinajstić information content (AvgIpc) is 2.58. The lowest BCUT2D eigenvalue weighted by atomic mass is 10.1. The van der Waals surface area contributed by atoms with Crippen molar-refractivity contribution in [3.05, 3.63) is 42.0 Å². The van der Waals surface area contributed by atoms with Gasteiger partial charge in [0.05, 0.1) is 12.2 Å². The summed E-state index contributed by atoms with van der Waals surface area (Å²) < 4.78 is 0. The summed E-state index contributed by atoms with van der Waals surface area (Å²) in [5, 5.41) is 2.10. The summed E-state index contributed by atoms with van der Waals surface area (Å²) in [7, 11) is 0. The highest BCUT2D eigenvalue weighted by Gasteiger charge is 2.28. The predicted molar refractivity (Wildman–Crippen MR) is 64.5 cm³/mol. The zero-order valence-electron chi connectivity index (χ0n) is 8.60. The van der Waals surface area contributed by atoms with Gasteiger partial charge in [-0.05, 0) is 17.5 Å². The molecule has 0 atom stereocenters. The first-order valence-corrected chi connectivity index (χ1v) is 5.10. The van der Waals surface area contributed by atoms with Crippen LogP contribution in [0.15, 0.2) is 36.4 Å². The van der Waals surface area contributed by atoms with E-state index >= 15 is 0 Å². The summed E-state index contributed by atoms with van der Waals surface area (Å²) in [5.41, 5.74) is 1.68. The van der Waals surface area contributed by atoms with Gasteiger partial charge in [0, 0.05) is 10.9 Å². The van der Waals surface area contributed by atoms with Crippen LogP contribution in [-0.2, 0) is 0 Å². The van der Waals surface area contributed by atoms with E-state index in [0.717, 1.165) is 22.0 Å². The van der Waals surface area contributed by atoms with Crippen molar-refractivity contribution in [1.82, 2.24) is 0 Å². The molecule has 0 spiro atoms.